The largest absolute Gasteiger partial charge is 0.463 e. The standard InChI is InChI=1S/C21H35ClO7/c1-14-17(12-24)20(27)16(21(28)19(14)22)9-7-5-3-2-4-6-8-10-18(26)29-13-15(25)11-23/h12,14-17,19,21,23,25,28H,2-11,13H2,1H3. The van der Waals surface area contributed by atoms with Gasteiger partial charge in [-0.15, -0.1) is 11.6 Å². The Morgan fingerprint density at radius 1 is 1.17 bits per heavy atom. The molecule has 7 nitrogen and oxygen atoms in total. The molecule has 168 valence electrons. The van der Waals surface area contributed by atoms with Crippen molar-refractivity contribution in [2.75, 3.05) is 13.2 Å². The van der Waals surface area contributed by atoms with Crippen molar-refractivity contribution in [2.45, 2.75) is 82.3 Å². The summed E-state index contributed by atoms with van der Waals surface area (Å²) in [6.07, 6.45) is 5.97. The van der Waals surface area contributed by atoms with Crippen molar-refractivity contribution < 1.29 is 34.4 Å². The average Bonchev–Trinajstić information content (AvgIpc) is 2.71. The van der Waals surface area contributed by atoms with E-state index in [0.717, 1.165) is 44.9 Å². The molecule has 0 aromatic carbocycles. The lowest BCUT2D eigenvalue weighted by Crippen LogP contribution is -2.50. The fourth-order valence-electron chi connectivity index (χ4n) is 3.74. The summed E-state index contributed by atoms with van der Waals surface area (Å²) in [5, 5.41) is 27.4. The number of hydrogen-bond acceptors (Lipinski definition) is 7. The molecule has 0 aromatic rings. The summed E-state index contributed by atoms with van der Waals surface area (Å²) < 4.78 is 4.83. The number of carbonyl (C=O) groups is 3. The normalized spacial score (nSPS) is 28.2. The molecule has 0 radical (unpaired) electrons. The van der Waals surface area contributed by atoms with Gasteiger partial charge in [0.15, 0.2) is 0 Å². The highest BCUT2D eigenvalue weighted by molar-refractivity contribution is 6.22. The summed E-state index contributed by atoms with van der Waals surface area (Å²) in [7, 11) is 0. The quantitative estimate of drug-likeness (QED) is 0.126. The number of ketones is 1. The molecule has 0 bridgehead atoms. The van der Waals surface area contributed by atoms with Crippen molar-refractivity contribution in [3.63, 3.8) is 0 Å². The van der Waals surface area contributed by atoms with Crippen LogP contribution in [0.1, 0.15) is 64.7 Å². The Labute approximate surface area is 177 Å². The number of aliphatic hydroxyl groups excluding tert-OH is 3. The highest BCUT2D eigenvalue weighted by Crippen LogP contribution is 2.36. The van der Waals surface area contributed by atoms with Gasteiger partial charge in [-0.2, -0.15) is 0 Å². The molecular formula is C21H35ClO7. The van der Waals surface area contributed by atoms with Crippen molar-refractivity contribution in [1.82, 2.24) is 0 Å². The minimum absolute atomic E-state index is 0.176. The third kappa shape index (κ3) is 8.70. The topological polar surface area (TPSA) is 121 Å². The summed E-state index contributed by atoms with van der Waals surface area (Å²) in [6.45, 7) is 1.13. The Balaban J connectivity index is 2.10. The van der Waals surface area contributed by atoms with Crippen LogP contribution in [-0.4, -0.2) is 64.2 Å². The maximum Gasteiger partial charge on any atom is 0.305 e. The molecule has 1 aliphatic carbocycles. The number of unbranched alkanes of at least 4 members (excludes halogenated alkanes) is 6. The highest BCUT2D eigenvalue weighted by atomic mass is 35.5. The van der Waals surface area contributed by atoms with Gasteiger partial charge < -0.3 is 24.9 Å². The lowest BCUT2D eigenvalue weighted by atomic mass is 9.71. The number of hydrogen-bond donors (Lipinski definition) is 3. The number of aliphatic hydroxyl groups is 3. The molecule has 6 atom stereocenters. The Hall–Kier alpha value is -1.02. The van der Waals surface area contributed by atoms with Crippen LogP contribution < -0.4 is 0 Å². The molecule has 0 aliphatic heterocycles. The van der Waals surface area contributed by atoms with E-state index in [4.69, 9.17) is 26.6 Å². The van der Waals surface area contributed by atoms with E-state index in [9.17, 15) is 19.5 Å². The SMILES string of the molecule is CC1C(C=O)C(=O)C(CCCCCCCCCC(=O)OCC(O)CO)C(O)C1Cl. The Morgan fingerprint density at radius 3 is 2.34 bits per heavy atom. The van der Waals surface area contributed by atoms with Gasteiger partial charge in [0, 0.05) is 12.3 Å². The fourth-order valence-corrected chi connectivity index (χ4v) is 4.07. The molecule has 1 saturated carbocycles. The highest BCUT2D eigenvalue weighted by Gasteiger charge is 2.46. The zero-order valence-electron chi connectivity index (χ0n) is 17.2. The van der Waals surface area contributed by atoms with Crippen LogP contribution in [0.25, 0.3) is 0 Å². The van der Waals surface area contributed by atoms with E-state index < -0.39 is 36.0 Å². The number of alkyl halides is 1. The van der Waals surface area contributed by atoms with E-state index in [0.29, 0.717) is 19.1 Å². The summed E-state index contributed by atoms with van der Waals surface area (Å²) in [4.78, 5) is 35.0. The predicted octanol–water partition coefficient (Wildman–Crippen LogP) is 2.01. The predicted molar refractivity (Wildman–Crippen MR) is 108 cm³/mol. The zero-order chi connectivity index (χ0) is 21.8. The monoisotopic (exact) mass is 434 g/mol. The molecule has 0 saturated heterocycles. The molecule has 3 N–H and O–H groups in total. The third-order valence-corrected chi connectivity index (χ3v) is 6.35. The average molecular weight is 435 g/mol. The number of esters is 1. The van der Waals surface area contributed by atoms with Crippen molar-refractivity contribution >= 4 is 29.6 Å². The van der Waals surface area contributed by atoms with Crippen molar-refractivity contribution in [3.8, 4) is 0 Å². The van der Waals surface area contributed by atoms with Crippen LogP contribution >= 0.6 is 11.6 Å². The second-order valence-electron chi connectivity index (χ2n) is 8.00. The molecule has 1 fully saturated rings. The number of halogens is 1. The molecule has 0 spiro atoms. The first-order valence-corrected chi connectivity index (χ1v) is 11.0. The van der Waals surface area contributed by atoms with Crippen LogP contribution in [-0.2, 0) is 19.1 Å². The zero-order valence-corrected chi connectivity index (χ0v) is 17.9. The minimum Gasteiger partial charge on any atom is -0.463 e. The van der Waals surface area contributed by atoms with Gasteiger partial charge in [0.1, 0.15) is 24.8 Å². The van der Waals surface area contributed by atoms with Crippen LogP contribution in [0.2, 0.25) is 0 Å². The number of rotatable bonds is 14. The van der Waals surface area contributed by atoms with Gasteiger partial charge in [0.2, 0.25) is 0 Å². The first-order valence-electron chi connectivity index (χ1n) is 10.6. The summed E-state index contributed by atoms with van der Waals surface area (Å²) in [5.74, 6) is -2.17. The Kier molecular flexibility index (Phi) is 12.6. The molecule has 1 rings (SSSR count). The van der Waals surface area contributed by atoms with Gasteiger partial charge in [-0.3, -0.25) is 9.59 Å². The van der Waals surface area contributed by atoms with Crippen LogP contribution in [0, 0.1) is 17.8 Å². The molecule has 0 amide bonds. The second kappa shape index (κ2) is 14.1. The molecule has 6 unspecified atom stereocenters. The smallest absolute Gasteiger partial charge is 0.305 e. The lowest BCUT2D eigenvalue weighted by Gasteiger charge is -2.38. The molecule has 0 aromatic heterocycles. The van der Waals surface area contributed by atoms with Crippen LogP contribution in [0.4, 0.5) is 0 Å². The van der Waals surface area contributed by atoms with E-state index >= 15 is 0 Å². The fraction of sp³-hybridized carbons (Fsp3) is 0.857. The third-order valence-electron chi connectivity index (χ3n) is 5.69. The minimum atomic E-state index is -1.02. The number of aldehydes is 1. The lowest BCUT2D eigenvalue weighted by molar-refractivity contribution is -0.147. The van der Waals surface area contributed by atoms with E-state index in [1.807, 2.05) is 0 Å². The molecule has 29 heavy (non-hydrogen) atoms. The summed E-state index contributed by atoms with van der Waals surface area (Å²) >= 11 is 6.21. The van der Waals surface area contributed by atoms with Gasteiger partial charge in [-0.1, -0.05) is 45.4 Å². The Bertz CT molecular complexity index is 513. The van der Waals surface area contributed by atoms with Crippen LogP contribution in [0.5, 0.6) is 0 Å². The molecule has 1 aliphatic rings. The first-order chi connectivity index (χ1) is 13.8. The second-order valence-corrected chi connectivity index (χ2v) is 8.50. The van der Waals surface area contributed by atoms with E-state index in [2.05, 4.69) is 0 Å². The number of Topliss-reactive ketones (excluding diaryl/α,β-unsaturated/α-hetero) is 1. The van der Waals surface area contributed by atoms with E-state index in [1.165, 1.54) is 0 Å². The van der Waals surface area contributed by atoms with E-state index in [1.54, 1.807) is 6.92 Å². The van der Waals surface area contributed by atoms with Gasteiger partial charge >= 0.3 is 5.97 Å². The molecule has 8 heteroatoms. The molecular weight excluding hydrogens is 400 g/mol. The van der Waals surface area contributed by atoms with Gasteiger partial charge in [-0.25, -0.2) is 0 Å². The summed E-state index contributed by atoms with van der Waals surface area (Å²) in [6, 6.07) is 0. The number of carbonyl (C=O) groups excluding carboxylic acids is 3. The van der Waals surface area contributed by atoms with Gasteiger partial charge in [0.05, 0.1) is 24.0 Å². The van der Waals surface area contributed by atoms with Crippen LogP contribution in [0.3, 0.4) is 0 Å². The van der Waals surface area contributed by atoms with Gasteiger partial charge in [0.25, 0.3) is 0 Å². The number of ether oxygens (including phenoxy) is 1. The van der Waals surface area contributed by atoms with Crippen molar-refractivity contribution in [2.24, 2.45) is 17.8 Å². The van der Waals surface area contributed by atoms with E-state index in [-0.39, 0.29) is 24.3 Å². The Morgan fingerprint density at radius 2 is 1.76 bits per heavy atom. The maximum atomic E-state index is 12.4. The summed E-state index contributed by atoms with van der Waals surface area (Å²) in [5.41, 5.74) is 0. The first kappa shape index (κ1) is 26.0. The van der Waals surface area contributed by atoms with Gasteiger partial charge in [-0.05, 0) is 18.8 Å². The van der Waals surface area contributed by atoms with Crippen LogP contribution in [0.15, 0.2) is 0 Å². The molecule has 0 heterocycles. The van der Waals surface area contributed by atoms with Crippen molar-refractivity contribution in [3.05, 3.63) is 0 Å². The van der Waals surface area contributed by atoms with Crippen molar-refractivity contribution in [1.29, 1.82) is 0 Å². The maximum absolute atomic E-state index is 12.4.